The Labute approximate surface area is 104 Å². The SMILES string of the molecule is CC1CC(OC(=O)c2ccccc2)C1CBr. The van der Waals surface area contributed by atoms with E-state index in [0.717, 1.165) is 11.8 Å². The number of benzene rings is 1. The van der Waals surface area contributed by atoms with Crippen molar-refractivity contribution in [2.75, 3.05) is 5.33 Å². The highest BCUT2D eigenvalue weighted by Gasteiger charge is 2.39. The largest absolute Gasteiger partial charge is 0.458 e. The van der Waals surface area contributed by atoms with Crippen LogP contribution in [-0.4, -0.2) is 17.4 Å². The summed E-state index contributed by atoms with van der Waals surface area (Å²) in [6.45, 7) is 2.19. The molecule has 1 aliphatic rings. The van der Waals surface area contributed by atoms with Crippen molar-refractivity contribution in [3.8, 4) is 0 Å². The highest BCUT2D eigenvalue weighted by molar-refractivity contribution is 9.09. The van der Waals surface area contributed by atoms with E-state index in [1.807, 2.05) is 18.2 Å². The van der Waals surface area contributed by atoms with E-state index in [-0.39, 0.29) is 12.1 Å². The lowest BCUT2D eigenvalue weighted by Crippen LogP contribution is -2.43. The van der Waals surface area contributed by atoms with Gasteiger partial charge in [0.15, 0.2) is 0 Å². The van der Waals surface area contributed by atoms with Crippen LogP contribution in [-0.2, 0) is 4.74 Å². The van der Waals surface area contributed by atoms with Gasteiger partial charge in [-0.25, -0.2) is 4.79 Å². The van der Waals surface area contributed by atoms with Crippen LogP contribution in [0, 0.1) is 11.8 Å². The fourth-order valence-corrected chi connectivity index (χ4v) is 3.11. The number of hydrogen-bond acceptors (Lipinski definition) is 2. The third kappa shape index (κ3) is 2.29. The molecule has 0 bridgehead atoms. The average molecular weight is 283 g/mol. The summed E-state index contributed by atoms with van der Waals surface area (Å²) >= 11 is 3.46. The van der Waals surface area contributed by atoms with E-state index < -0.39 is 0 Å². The van der Waals surface area contributed by atoms with Crippen LogP contribution in [0.4, 0.5) is 0 Å². The molecule has 0 N–H and O–H groups in total. The fraction of sp³-hybridized carbons (Fsp3) is 0.462. The molecule has 86 valence electrons. The quantitative estimate of drug-likeness (QED) is 0.628. The zero-order valence-electron chi connectivity index (χ0n) is 9.23. The normalized spacial score (nSPS) is 28.2. The third-order valence-corrected chi connectivity index (χ3v) is 4.01. The molecule has 0 heterocycles. The van der Waals surface area contributed by atoms with Gasteiger partial charge in [-0.1, -0.05) is 41.1 Å². The summed E-state index contributed by atoms with van der Waals surface area (Å²) in [5.74, 6) is 0.907. The lowest BCUT2D eigenvalue weighted by atomic mass is 9.73. The van der Waals surface area contributed by atoms with Crippen molar-refractivity contribution in [3.63, 3.8) is 0 Å². The number of carbonyl (C=O) groups is 1. The maximum Gasteiger partial charge on any atom is 0.338 e. The van der Waals surface area contributed by atoms with E-state index in [1.54, 1.807) is 12.1 Å². The predicted octanol–water partition coefficient (Wildman–Crippen LogP) is 3.26. The Hall–Kier alpha value is -0.830. The molecule has 1 aliphatic carbocycles. The molecule has 1 aromatic rings. The molecule has 0 aliphatic heterocycles. The fourth-order valence-electron chi connectivity index (χ4n) is 2.05. The first-order valence-corrected chi connectivity index (χ1v) is 6.66. The van der Waals surface area contributed by atoms with Gasteiger partial charge in [0.2, 0.25) is 0 Å². The van der Waals surface area contributed by atoms with Gasteiger partial charge >= 0.3 is 5.97 Å². The zero-order chi connectivity index (χ0) is 11.5. The van der Waals surface area contributed by atoms with Crippen LogP contribution in [0.15, 0.2) is 30.3 Å². The summed E-state index contributed by atoms with van der Waals surface area (Å²) in [7, 11) is 0. The summed E-state index contributed by atoms with van der Waals surface area (Å²) in [5, 5.41) is 0.904. The van der Waals surface area contributed by atoms with Crippen LogP contribution in [0.3, 0.4) is 0 Å². The number of carbonyl (C=O) groups excluding carboxylic acids is 1. The highest BCUT2D eigenvalue weighted by Crippen LogP contribution is 2.38. The molecule has 1 fully saturated rings. The van der Waals surface area contributed by atoms with Crippen molar-refractivity contribution in [1.29, 1.82) is 0 Å². The Balaban J connectivity index is 1.94. The molecule has 3 unspecified atom stereocenters. The van der Waals surface area contributed by atoms with Crippen LogP contribution in [0.2, 0.25) is 0 Å². The number of rotatable bonds is 3. The monoisotopic (exact) mass is 282 g/mol. The van der Waals surface area contributed by atoms with Gasteiger partial charge in [0.25, 0.3) is 0 Å². The summed E-state index contributed by atoms with van der Waals surface area (Å²) in [4.78, 5) is 11.8. The number of hydrogen-bond donors (Lipinski definition) is 0. The number of alkyl halides is 1. The van der Waals surface area contributed by atoms with E-state index in [4.69, 9.17) is 4.74 Å². The minimum atomic E-state index is -0.205. The van der Waals surface area contributed by atoms with Crippen molar-refractivity contribution in [2.24, 2.45) is 11.8 Å². The summed E-state index contributed by atoms with van der Waals surface area (Å²) in [5.41, 5.74) is 0.635. The number of halogens is 1. The molecule has 1 saturated carbocycles. The lowest BCUT2D eigenvalue weighted by molar-refractivity contribution is -0.0421. The van der Waals surface area contributed by atoms with E-state index >= 15 is 0 Å². The molecule has 2 rings (SSSR count). The third-order valence-electron chi connectivity index (χ3n) is 3.26. The molecule has 3 atom stereocenters. The number of ether oxygens (including phenoxy) is 1. The van der Waals surface area contributed by atoms with E-state index in [2.05, 4.69) is 22.9 Å². The smallest absolute Gasteiger partial charge is 0.338 e. The van der Waals surface area contributed by atoms with Gasteiger partial charge in [0, 0.05) is 11.2 Å². The topological polar surface area (TPSA) is 26.3 Å². The van der Waals surface area contributed by atoms with Crippen LogP contribution in [0.25, 0.3) is 0 Å². The zero-order valence-corrected chi connectivity index (χ0v) is 10.8. The first-order valence-electron chi connectivity index (χ1n) is 5.54. The van der Waals surface area contributed by atoms with Crippen molar-refractivity contribution < 1.29 is 9.53 Å². The summed E-state index contributed by atoms with van der Waals surface area (Å²) < 4.78 is 5.48. The second-order valence-electron chi connectivity index (χ2n) is 4.34. The Bertz CT molecular complexity index is 363. The maximum absolute atomic E-state index is 11.8. The molecule has 16 heavy (non-hydrogen) atoms. The predicted molar refractivity (Wildman–Crippen MR) is 66.7 cm³/mol. The second kappa shape index (κ2) is 5.00. The van der Waals surface area contributed by atoms with Crippen LogP contribution >= 0.6 is 15.9 Å². The van der Waals surface area contributed by atoms with Crippen molar-refractivity contribution >= 4 is 21.9 Å². The van der Waals surface area contributed by atoms with Gasteiger partial charge in [-0.15, -0.1) is 0 Å². The molecule has 2 nitrogen and oxygen atoms in total. The Kier molecular flexibility index (Phi) is 3.64. The number of esters is 1. The Morgan fingerprint density at radius 2 is 2.12 bits per heavy atom. The molecule has 3 heteroatoms. The minimum absolute atomic E-state index is 0.0853. The van der Waals surface area contributed by atoms with Crippen LogP contribution in [0.5, 0.6) is 0 Å². The second-order valence-corrected chi connectivity index (χ2v) is 4.99. The van der Waals surface area contributed by atoms with Crippen molar-refractivity contribution in [1.82, 2.24) is 0 Å². The highest BCUT2D eigenvalue weighted by atomic mass is 79.9. The molecule has 0 aromatic heterocycles. The van der Waals surface area contributed by atoms with E-state index in [9.17, 15) is 4.79 Å². The van der Waals surface area contributed by atoms with Gasteiger partial charge in [-0.2, -0.15) is 0 Å². The van der Waals surface area contributed by atoms with Gasteiger partial charge in [-0.3, -0.25) is 0 Å². The molecule has 0 spiro atoms. The first kappa shape index (κ1) is 11.6. The molecular formula is C13H15BrO2. The summed E-state index contributed by atoms with van der Waals surface area (Å²) in [6.07, 6.45) is 1.07. The molecule has 0 amide bonds. The van der Waals surface area contributed by atoms with E-state index in [1.165, 1.54) is 0 Å². The summed E-state index contributed by atoms with van der Waals surface area (Å²) in [6, 6.07) is 9.16. The van der Waals surface area contributed by atoms with Gasteiger partial charge in [0.1, 0.15) is 6.10 Å². The minimum Gasteiger partial charge on any atom is -0.458 e. The molecule has 1 aromatic carbocycles. The Morgan fingerprint density at radius 1 is 1.44 bits per heavy atom. The maximum atomic E-state index is 11.8. The van der Waals surface area contributed by atoms with Gasteiger partial charge in [0.05, 0.1) is 5.56 Å². The van der Waals surface area contributed by atoms with Crippen LogP contribution < -0.4 is 0 Å². The molecule has 0 saturated heterocycles. The molecule has 0 radical (unpaired) electrons. The molecular weight excluding hydrogens is 268 g/mol. The van der Waals surface area contributed by atoms with E-state index in [0.29, 0.717) is 17.4 Å². The first-order chi connectivity index (χ1) is 7.72. The van der Waals surface area contributed by atoms with Crippen molar-refractivity contribution in [3.05, 3.63) is 35.9 Å². The van der Waals surface area contributed by atoms with Crippen LogP contribution in [0.1, 0.15) is 23.7 Å². The van der Waals surface area contributed by atoms with Gasteiger partial charge in [-0.05, 0) is 24.5 Å². The standard InChI is InChI=1S/C13H15BrO2/c1-9-7-12(11(9)8-14)16-13(15)10-5-3-2-4-6-10/h2-6,9,11-12H,7-8H2,1H3. The van der Waals surface area contributed by atoms with Crippen molar-refractivity contribution in [2.45, 2.75) is 19.4 Å². The lowest BCUT2D eigenvalue weighted by Gasteiger charge is -2.41. The van der Waals surface area contributed by atoms with Gasteiger partial charge < -0.3 is 4.74 Å². The Morgan fingerprint density at radius 3 is 2.69 bits per heavy atom. The average Bonchev–Trinajstić information content (AvgIpc) is 2.30.